The van der Waals surface area contributed by atoms with E-state index in [0.29, 0.717) is 0 Å². The Kier molecular flexibility index (Phi) is 2.51. The van der Waals surface area contributed by atoms with Gasteiger partial charge in [-0.25, -0.2) is 0 Å². The van der Waals surface area contributed by atoms with E-state index in [1.165, 1.54) is 0 Å². The van der Waals surface area contributed by atoms with Crippen molar-refractivity contribution in [1.82, 2.24) is 0 Å². The minimum atomic E-state index is -0.450. The molecule has 0 heterocycles. The third-order valence-corrected chi connectivity index (χ3v) is 0. The van der Waals surface area contributed by atoms with Gasteiger partial charge in [0.2, 0.25) is 0 Å². The van der Waals surface area contributed by atoms with Crippen molar-refractivity contribution in [2.75, 3.05) is 0 Å². The maximum absolute atomic E-state index is 2.35. The average molecular weight is 167 g/mol. The normalized spacial score (nSPS) is 6.75. The Morgan fingerprint density at radius 1 is 1.00 bits per heavy atom. The van der Waals surface area contributed by atoms with Gasteiger partial charge in [-0.3, -0.25) is 0 Å². The van der Waals surface area contributed by atoms with Gasteiger partial charge >= 0.3 is 34.8 Å². The summed E-state index contributed by atoms with van der Waals surface area (Å²) in [6.45, 7) is 0. The quantitative estimate of drug-likeness (QED) is 0.478. The summed E-state index contributed by atoms with van der Waals surface area (Å²) in [6, 6.07) is 0. The van der Waals surface area contributed by atoms with Crippen LogP contribution in [0.1, 0.15) is 0 Å². The summed E-state index contributed by atoms with van der Waals surface area (Å²) in [7, 11) is 0. The third kappa shape index (κ3) is 13.9. The average Bonchev–Trinajstić information content (AvgIpc) is 0.811. The van der Waals surface area contributed by atoms with Crippen LogP contribution in [0.5, 0.6) is 0 Å². The molecule has 1 heteroatoms. The molecule has 0 aromatic carbocycles. The van der Waals surface area contributed by atoms with E-state index in [-0.39, 0.29) is 0 Å². The van der Waals surface area contributed by atoms with Crippen LogP contribution in [-0.4, -0.2) is 20.2 Å². The summed E-state index contributed by atoms with van der Waals surface area (Å²) < 4.78 is 0. The molecule has 0 rings (SSSR count). The summed E-state index contributed by atoms with van der Waals surface area (Å²) in [6.07, 6.45) is 0. The van der Waals surface area contributed by atoms with Crippen LogP contribution in [0.3, 0.4) is 0 Å². The van der Waals surface area contributed by atoms with E-state index in [2.05, 4.69) is 14.6 Å². The molecule has 0 aliphatic rings. The van der Waals surface area contributed by atoms with Gasteiger partial charge in [0.25, 0.3) is 0 Å². The second-order valence-electron chi connectivity index (χ2n) is 1.34. The summed E-state index contributed by atoms with van der Waals surface area (Å²) in [5.74, 6) is 0. The fourth-order valence-electron chi connectivity index (χ4n) is 0. The first kappa shape index (κ1) is 4.82. The van der Waals surface area contributed by atoms with Gasteiger partial charge in [0.15, 0.2) is 0 Å². The van der Waals surface area contributed by atoms with E-state index >= 15 is 0 Å². The molecular weight excluding hydrogens is 158 g/mol. The Bertz CT molecular complexity index is 8.00. The van der Waals surface area contributed by atoms with E-state index < -0.39 is 20.2 Å². The minimum absolute atomic E-state index is 0.450. The molecule has 0 spiro atoms. The van der Waals surface area contributed by atoms with Crippen molar-refractivity contribution in [2.45, 2.75) is 14.6 Å². The van der Waals surface area contributed by atoms with Crippen LogP contribution in [-0.2, 0) is 0 Å². The molecule has 0 amide bonds. The summed E-state index contributed by atoms with van der Waals surface area (Å²) >= 11 is -0.450. The van der Waals surface area contributed by atoms with Crippen molar-refractivity contribution < 1.29 is 0 Å². The molecule has 0 bridgehead atoms. The van der Waals surface area contributed by atoms with E-state index in [4.69, 9.17) is 0 Å². The van der Waals surface area contributed by atoms with Crippen LogP contribution in [0.4, 0.5) is 0 Å². The molecular formula is C3H9Sb+2. The Hall–Kier alpha value is 0.818. The predicted octanol–water partition coefficient (Wildman–Crippen LogP) is 1.37. The molecule has 4 heavy (non-hydrogen) atoms. The van der Waals surface area contributed by atoms with Crippen LogP contribution in [0.2, 0.25) is 14.6 Å². The van der Waals surface area contributed by atoms with Crippen LogP contribution < -0.4 is 0 Å². The van der Waals surface area contributed by atoms with E-state index in [0.717, 1.165) is 0 Å². The molecule has 0 radical (unpaired) electrons. The molecule has 0 atom stereocenters. The molecule has 0 saturated carbocycles. The topological polar surface area (TPSA) is 0 Å². The van der Waals surface area contributed by atoms with E-state index in [1.54, 1.807) is 0 Å². The van der Waals surface area contributed by atoms with Gasteiger partial charge in [-0.05, 0) is 0 Å². The monoisotopic (exact) mass is 166 g/mol. The first-order valence-corrected chi connectivity index (χ1v) is 9.00. The van der Waals surface area contributed by atoms with Crippen molar-refractivity contribution >= 4 is 20.2 Å². The number of hydrogen-bond acceptors (Lipinski definition) is 0. The van der Waals surface area contributed by atoms with Gasteiger partial charge in [-0.15, -0.1) is 0 Å². The van der Waals surface area contributed by atoms with Crippen molar-refractivity contribution in [3.63, 3.8) is 0 Å². The van der Waals surface area contributed by atoms with Crippen LogP contribution in [0, 0.1) is 0 Å². The Morgan fingerprint density at radius 3 is 1.00 bits per heavy atom. The zero-order valence-electron chi connectivity index (χ0n) is 3.45. The molecule has 0 aliphatic heterocycles. The first-order valence-electron chi connectivity index (χ1n) is 1.34. The molecule has 0 unspecified atom stereocenters. The van der Waals surface area contributed by atoms with Crippen molar-refractivity contribution in [3.05, 3.63) is 0 Å². The summed E-state index contributed by atoms with van der Waals surface area (Å²) in [4.78, 5) is 7.05. The molecule has 0 aromatic rings. The van der Waals surface area contributed by atoms with Gasteiger partial charge in [-0.1, -0.05) is 0 Å². The van der Waals surface area contributed by atoms with Crippen molar-refractivity contribution in [3.8, 4) is 0 Å². The maximum atomic E-state index is 2.35. The van der Waals surface area contributed by atoms with Crippen molar-refractivity contribution in [2.24, 2.45) is 0 Å². The van der Waals surface area contributed by atoms with Crippen LogP contribution in [0.15, 0.2) is 0 Å². The molecule has 0 saturated heterocycles. The fourth-order valence-corrected chi connectivity index (χ4v) is 0. The second-order valence-corrected chi connectivity index (χ2v) is 9.00. The van der Waals surface area contributed by atoms with Crippen LogP contribution >= 0.6 is 0 Å². The SMILES string of the molecule is [CH3][Sb+2]([CH3])[CH3]. The van der Waals surface area contributed by atoms with Gasteiger partial charge in [-0.2, -0.15) is 0 Å². The Morgan fingerprint density at radius 2 is 1.00 bits per heavy atom. The summed E-state index contributed by atoms with van der Waals surface area (Å²) in [5, 5.41) is 0. The Labute approximate surface area is 35.2 Å². The number of hydrogen-bond donors (Lipinski definition) is 0. The fraction of sp³-hybridized carbons (Fsp3) is 1.00. The molecule has 0 fully saturated rings. The molecule has 0 nitrogen and oxygen atoms in total. The zero-order chi connectivity index (χ0) is 3.58. The van der Waals surface area contributed by atoms with Gasteiger partial charge in [0.05, 0.1) is 0 Å². The Balaban J connectivity index is 2.32. The van der Waals surface area contributed by atoms with E-state index in [9.17, 15) is 0 Å². The first-order chi connectivity index (χ1) is 1.73. The third-order valence-electron chi connectivity index (χ3n) is 0. The van der Waals surface area contributed by atoms with E-state index in [1.807, 2.05) is 0 Å². The van der Waals surface area contributed by atoms with Gasteiger partial charge < -0.3 is 0 Å². The second kappa shape index (κ2) is 2.08. The van der Waals surface area contributed by atoms with Gasteiger partial charge in [0, 0.05) is 0 Å². The standard InChI is InChI=1S/3CH3.Sb/h3*1H3;/q;;;+2. The predicted molar refractivity (Wildman–Crippen MR) is 23.3 cm³/mol. The van der Waals surface area contributed by atoms with Gasteiger partial charge in [0.1, 0.15) is 0 Å². The molecule has 0 aliphatic carbocycles. The van der Waals surface area contributed by atoms with Crippen LogP contribution in [0.25, 0.3) is 0 Å². The zero-order valence-corrected chi connectivity index (χ0v) is 6.00. The molecule has 0 N–H and O–H groups in total. The summed E-state index contributed by atoms with van der Waals surface area (Å²) in [5.41, 5.74) is 0. The molecule has 24 valence electrons. The van der Waals surface area contributed by atoms with Crippen molar-refractivity contribution in [1.29, 1.82) is 0 Å². The number of rotatable bonds is 0. The molecule has 0 aromatic heterocycles.